The standard InChI is InChI=1S/C21H15Cl2N3O2S/c1-12-2-7-16(15(23)8-12)25-19(27)10-26-11-24-17-9-18(29-20(17)21(26)28)13-3-5-14(22)6-4-13/h2-9,11H,10H2,1H3,(H,25,27). The van der Waals surface area contributed by atoms with Crippen molar-refractivity contribution in [1.82, 2.24) is 9.55 Å². The molecular formula is C21H15Cl2N3O2S. The summed E-state index contributed by atoms with van der Waals surface area (Å²) in [7, 11) is 0. The van der Waals surface area contributed by atoms with Gasteiger partial charge in [-0.3, -0.25) is 14.2 Å². The number of rotatable bonds is 4. The maximum Gasteiger partial charge on any atom is 0.271 e. The van der Waals surface area contributed by atoms with Gasteiger partial charge in [-0.15, -0.1) is 11.3 Å². The molecule has 0 aliphatic carbocycles. The first-order valence-electron chi connectivity index (χ1n) is 8.71. The van der Waals surface area contributed by atoms with Gasteiger partial charge in [-0.1, -0.05) is 41.4 Å². The molecule has 5 nitrogen and oxygen atoms in total. The molecule has 0 spiro atoms. The van der Waals surface area contributed by atoms with Crippen LogP contribution in [0.2, 0.25) is 10.0 Å². The van der Waals surface area contributed by atoms with Crippen molar-refractivity contribution in [2.45, 2.75) is 13.5 Å². The van der Waals surface area contributed by atoms with Gasteiger partial charge in [-0.05, 0) is 48.4 Å². The lowest BCUT2D eigenvalue weighted by molar-refractivity contribution is -0.116. The third-order valence-electron chi connectivity index (χ3n) is 4.35. The topological polar surface area (TPSA) is 64.0 Å². The molecule has 0 unspecified atom stereocenters. The molecule has 146 valence electrons. The number of hydrogen-bond donors (Lipinski definition) is 1. The molecule has 4 rings (SSSR count). The summed E-state index contributed by atoms with van der Waals surface area (Å²) >= 11 is 13.4. The molecule has 2 aromatic heterocycles. The lowest BCUT2D eigenvalue weighted by Crippen LogP contribution is -2.27. The highest BCUT2D eigenvalue weighted by Gasteiger charge is 2.13. The minimum Gasteiger partial charge on any atom is -0.323 e. The molecule has 0 saturated heterocycles. The fourth-order valence-electron chi connectivity index (χ4n) is 2.88. The first kappa shape index (κ1) is 19.6. The van der Waals surface area contributed by atoms with E-state index < -0.39 is 0 Å². The van der Waals surface area contributed by atoms with Crippen molar-refractivity contribution in [3.05, 3.63) is 80.8 Å². The van der Waals surface area contributed by atoms with Gasteiger partial charge in [0.1, 0.15) is 11.2 Å². The fourth-order valence-corrected chi connectivity index (χ4v) is 4.35. The van der Waals surface area contributed by atoms with Crippen LogP contribution >= 0.6 is 34.5 Å². The highest BCUT2D eigenvalue weighted by molar-refractivity contribution is 7.22. The molecule has 0 atom stereocenters. The number of benzene rings is 2. The minimum atomic E-state index is -0.353. The summed E-state index contributed by atoms with van der Waals surface area (Å²) in [5, 5.41) is 3.83. The van der Waals surface area contributed by atoms with Crippen molar-refractivity contribution in [1.29, 1.82) is 0 Å². The quantitative estimate of drug-likeness (QED) is 0.460. The van der Waals surface area contributed by atoms with Crippen LogP contribution in [0.5, 0.6) is 0 Å². The number of carbonyl (C=O) groups is 1. The average molecular weight is 444 g/mol. The number of thiophene rings is 1. The van der Waals surface area contributed by atoms with E-state index in [2.05, 4.69) is 10.3 Å². The number of anilines is 1. The molecule has 0 saturated carbocycles. The number of amides is 1. The second-order valence-electron chi connectivity index (χ2n) is 6.54. The van der Waals surface area contributed by atoms with Gasteiger partial charge in [0.05, 0.1) is 22.6 Å². The van der Waals surface area contributed by atoms with Gasteiger partial charge in [-0.2, -0.15) is 0 Å². The Hall–Kier alpha value is -2.67. The molecule has 1 amide bonds. The molecule has 29 heavy (non-hydrogen) atoms. The molecule has 0 fully saturated rings. The Morgan fingerprint density at radius 1 is 1.14 bits per heavy atom. The van der Waals surface area contributed by atoms with Crippen LogP contribution in [0.1, 0.15) is 5.56 Å². The number of halogens is 2. The summed E-state index contributed by atoms with van der Waals surface area (Å²) in [4.78, 5) is 30.5. The van der Waals surface area contributed by atoms with Crippen LogP contribution in [0.4, 0.5) is 5.69 Å². The van der Waals surface area contributed by atoms with Crippen molar-refractivity contribution >= 4 is 56.3 Å². The number of nitrogens with one attached hydrogen (secondary N) is 1. The summed E-state index contributed by atoms with van der Waals surface area (Å²) in [6, 6.07) is 14.6. The summed E-state index contributed by atoms with van der Waals surface area (Å²) in [6.45, 7) is 1.76. The highest BCUT2D eigenvalue weighted by atomic mass is 35.5. The smallest absolute Gasteiger partial charge is 0.271 e. The van der Waals surface area contributed by atoms with Gasteiger partial charge in [0.2, 0.25) is 5.91 Å². The zero-order valence-electron chi connectivity index (χ0n) is 15.3. The Morgan fingerprint density at radius 3 is 2.62 bits per heavy atom. The van der Waals surface area contributed by atoms with Crippen LogP contribution < -0.4 is 10.9 Å². The fraction of sp³-hybridized carbons (Fsp3) is 0.0952. The van der Waals surface area contributed by atoms with Crippen LogP contribution in [0.25, 0.3) is 20.7 Å². The van der Waals surface area contributed by atoms with Crippen LogP contribution in [0, 0.1) is 6.92 Å². The van der Waals surface area contributed by atoms with Gasteiger partial charge >= 0.3 is 0 Å². The summed E-state index contributed by atoms with van der Waals surface area (Å²) < 4.78 is 1.79. The minimum absolute atomic E-state index is 0.153. The van der Waals surface area contributed by atoms with Crippen LogP contribution in [0.3, 0.4) is 0 Å². The summed E-state index contributed by atoms with van der Waals surface area (Å²) in [5.41, 5.74) is 2.79. The summed E-state index contributed by atoms with van der Waals surface area (Å²) in [5.74, 6) is -0.353. The van der Waals surface area contributed by atoms with Crippen molar-refractivity contribution in [3.8, 4) is 10.4 Å². The van der Waals surface area contributed by atoms with Gasteiger partial charge in [-0.25, -0.2) is 4.98 Å². The molecule has 2 aromatic carbocycles. The maximum absolute atomic E-state index is 12.8. The SMILES string of the molecule is Cc1ccc(NC(=O)Cn2cnc3cc(-c4ccc(Cl)cc4)sc3c2=O)c(Cl)c1. The van der Waals surface area contributed by atoms with Crippen molar-refractivity contribution in [2.24, 2.45) is 0 Å². The lowest BCUT2D eigenvalue weighted by Gasteiger charge is -2.09. The molecule has 0 aliphatic rings. The molecule has 0 bridgehead atoms. The third kappa shape index (κ3) is 4.19. The molecule has 4 aromatic rings. The van der Waals surface area contributed by atoms with E-state index in [0.29, 0.717) is 25.9 Å². The monoisotopic (exact) mass is 443 g/mol. The number of fused-ring (bicyclic) bond motifs is 1. The van der Waals surface area contributed by atoms with Crippen LogP contribution in [0.15, 0.2) is 59.7 Å². The molecule has 0 aliphatic heterocycles. The summed E-state index contributed by atoms with van der Waals surface area (Å²) in [6.07, 6.45) is 1.39. The number of hydrogen-bond acceptors (Lipinski definition) is 4. The second-order valence-corrected chi connectivity index (χ2v) is 8.44. The van der Waals surface area contributed by atoms with E-state index in [1.54, 1.807) is 24.3 Å². The van der Waals surface area contributed by atoms with E-state index in [-0.39, 0.29) is 18.0 Å². The van der Waals surface area contributed by atoms with E-state index in [9.17, 15) is 9.59 Å². The highest BCUT2D eigenvalue weighted by Crippen LogP contribution is 2.31. The number of nitrogens with zero attached hydrogens (tertiary/aromatic N) is 2. The Labute approximate surface area is 180 Å². The zero-order chi connectivity index (χ0) is 20.5. The first-order chi connectivity index (χ1) is 13.9. The Morgan fingerprint density at radius 2 is 1.90 bits per heavy atom. The van der Waals surface area contributed by atoms with Gasteiger partial charge in [0.25, 0.3) is 5.56 Å². The average Bonchev–Trinajstić information content (AvgIpc) is 3.12. The predicted molar refractivity (Wildman–Crippen MR) is 119 cm³/mol. The van der Waals surface area contributed by atoms with E-state index in [0.717, 1.165) is 16.0 Å². The Balaban J connectivity index is 1.59. The Kier molecular flexibility index (Phi) is 5.41. The van der Waals surface area contributed by atoms with Gasteiger partial charge in [0.15, 0.2) is 0 Å². The number of aryl methyl sites for hydroxylation is 1. The van der Waals surface area contributed by atoms with E-state index in [1.165, 1.54) is 22.2 Å². The molecule has 1 N–H and O–H groups in total. The lowest BCUT2D eigenvalue weighted by atomic mass is 10.2. The number of aromatic nitrogens is 2. The normalized spacial score (nSPS) is 11.0. The van der Waals surface area contributed by atoms with Crippen LogP contribution in [-0.4, -0.2) is 15.5 Å². The number of carbonyl (C=O) groups excluding carboxylic acids is 1. The van der Waals surface area contributed by atoms with Crippen molar-refractivity contribution in [3.63, 3.8) is 0 Å². The zero-order valence-corrected chi connectivity index (χ0v) is 17.6. The molecular weight excluding hydrogens is 429 g/mol. The van der Waals surface area contributed by atoms with Gasteiger partial charge < -0.3 is 5.32 Å². The first-order valence-corrected chi connectivity index (χ1v) is 10.3. The van der Waals surface area contributed by atoms with Crippen molar-refractivity contribution < 1.29 is 4.79 Å². The molecule has 8 heteroatoms. The van der Waals surface area contributed by atoms with E-state index in [1.807, 2.05) is 31.2 Å². The van der Waals surface area contributed by atoms with E-state index >= 15 is 0 Å². The predicted octanol–water partition coefficient (Wildman–Crippen LogP) is 5.38. The molecule has 2 heterocycles. The van der Waals surface area contributed by atoms with E-state index in [4.69, 9.17) is 23.2 Å². The van der Waals surface area contributed by atoms with Crippen LogP contribution in [-0.2, 0) is 11.3 Å². The van der Waals surface area contributed by atoms with Crippen molar-refractivity contribution in [2.75, 3.05) is 5.32 Å². The van der Waals surface area contributed by atoms with Gasteiger partial charge in [0, 0.05) is 9.90 Å². The maximum atomic E-state index is 12.8. The largest absolute Gasteiger partial charge is 0.323 e. The second kappa shape index (κ2) is 7.99. The molecule has 0 radical (unpaired) electrons. The Bertz CT molecular complexity index is 1280. The third-order valence-corrected chi connectivity index (χ3v) is 6.07.